The van der Waals surface area contributed by atoms with Crippen molar-refractivity contribution in [3.63, 3.8) is 0 Å². The summed E-state index contributed by atoms with van der Waals surface area (Å²) in [6, 6.07) is 3.94. The van der Waals surface area contributed by atoms with Crippen molar-refractivity contribution < 1.29 is 9.53 Å². The van der Waals surface area contributed by atoms with Gasteiger partial charge >= 0.3 is 0 Å². The molecule has 3 nitrogen and oxygen atoms in total. The highest BCUT2D eigenvalue weighted by Crippen LogP contribution is 2.38. The fourth-order valence-corrected chi connectivity index (χ4v) is 3.14. The third-order valence-corrected chi connectivity index (χ3v) is 4.76. The van der Waals surface area contributed by atoms with Crippen molar-refractivity contribution in [1.29, 1.82) is 0 Å². The number of benzene rings is 1. The third-order valence-electron chi connectivity index (χ3n) is 4.76. The van der Waals surface area contributed by atoms with Crippen LogP contribution < -0.4 is 10.1 Å². The smallest absolute Gasteiger partial charge is 0.173 e. The Bertz CT molecular complexity index is 502. The lowest BCUT2D eigenvalue weighted by molar-refractivity contribution is 0.0727. The van der Waals surface area contributed by atoms with Crippen molar-refractivity contribution in [1.82, 2.24) is 5.32 Å². The van der Waals surface area contributed by atoms with Gasteiger partial charge in [0.15, 0.2) is 5.78 Å². The maximum atomic E-state index is 13.1. The molecule has 110 valence electrons. The van der Waals surface area contributed by atoms with Crippen LogP contribution in [0, 0.1) is 19.3 Å². The summed E-state index contributed by atoms with van der Waals surface area (Å²) in [5.41, 5.74) is 2.69. The number of hydrogen-bond donors (Lipinski definition) is 1. The first-order valence-corrected chi connectivity index (χ1v) is 7.45. The van der Waals surface area contributed by atoms with E-state index < -0.39 is 0 Å². The molecule has 0 amide bonds. The molecule has 0 spiro atoms. The topological polar surface area (TPSA) is 38.3 Å². The number of carbonyl (C=O) groups excluding carboxylic acids is 1. The summed E-state index contributed by atoms with van der Waals surface area (Å²) in [5, 5.41) is 3.38. The van der Waals surface area contributed by atoms with Crippen LogP contribution in [0.2, 0.25) is 0 Å². The predicted molar refractivity (Wildman–Crippen MR) is 81.6 cm³/mol. The minimum absolute atomic E-state index is 0.229. The molecule has 3 heteroatoms. The average Bonchev–Trinajstić information content (AvgIpc) is 2.49. The standard InChI is InChI=1S/C17H25NO2/c1-5-17(9-6-10-18-11-17)16(19)14-8-7-12(2)13(3)15(14)20-4/h7-8,18H,5-6,9-11H2,1-4H3. The second kappa shape index (κ2) is 5.96. The van der Waals surface area contributed by atoms with E-state index in [9.17, 15) is 4.79 Å². The molecule has 1 fully saturated rings. The number of carbonyl (C=O) groups is 1. The number of nitrogens with one attached hydrogen (secondary N) is 1. The van der Waals surface area contributed by atoms with Gasteiger partial charge in [-0.05, 0) is 56.8 Å². The van der Waals surface area contributed by atoms with Crippen molar-refractivity contribution in [2.45, 2.75) is 40.0 Å². The molecule has 0 aliphatic carbocycles. The predicted octanol–water partition coefficient (Wildman–Crippen LogP) is 3.27. The van der Waals surface area contributed by atoms with Crippen LogP contribution in [0.5, 0.6) is 5.75 Å². The van der Waals surface area contributed by atoms with E-state index in [1.54, 1.807) is 7.11 Å². The second-order valence-corrected chi connectivity index (χ2v) is 5.83. The maximum Gasteiger partial charge on any atom is 0.173 e. The van der Waals surface area contributed by atoms with Gasteiger partial charge in [-0.25, -0.2) is 0 Å². The van der Waals surface area contributed by atoms with Crippen molar-refractivity contribution in [2.75, 3.05) is 20.2 Å². The zero-order valence-corrected chi connectivity index (χ0v) is 13.0. The Hall–Kier alpha value is -1.35. The van der Waals surface area contributed by atoms with E-state index in [2.05, 4.69) is 12.2 Å². The lowest BCUT2D eigenvalue weighted by Crippen LogP contribution is -2.45. The number of ketones is 1. The van der Waals surface area contributed by atoms with E-state index in [0.29, 0.717) is 0 Å². The fraction of sp³-hybridized carbons (Fsp3) is 0.588. The molecule has 2 rings (SSSR count). The van der Waals surface area contributed by atoms with Crippen LogP contribution in [0.1, 0.15) is 47.7 Å². The molecule has 1 unspecified atom stereocenters. The van der Waals surface area contributed by atoms with Gasteiger partial charge in [0, 0.05) is 12.0 Å². The van der Waals surface area contributed by atoms with Crippen LogP contribution in [0.4, 0.5) is 0 Å². The van der Waals surface area contributed by atoms with Gasteiger partial charge in [-0.3, -0.25) is 4.79 Å². The number of hydrogen-bond acceptors (Lipinski definition) is 3. The first-order chi connectivity index (χ1) is 9.55. The first-order valence-electron chi connectivity index (χ1n) is 7.45. The van der Waals surface area contributed by atoms with Crippen LogP contribution >= 0.6 is 0 Å². The Morgan fingerprint density at radius 3 is 2.70 bits per heavy atom. The molecule has 0 bridgehead atoms. The van der Waals surface area contributed by atoms with E-state index in [-0.39, 0.29) is 11.2 Å². The van der Waals surface area contributed by atoms with Gasteiger partial charge in [0.2, 0.25) is 0 Å². The zero-order chi connectivity index (χ0) is 14.8. The molecule has 1 N–H and O–H groups in total. The second-order valence-electron chi connectivity index (χ2n) is 5.83. The maximum absolute atomic E-state index is 13.1. The molecular weight excluding hydrogens is 250 g/mol. The summed E-state index contributed by atoms with van der Waals surface area (Å²) >= 11 is 0. The van der Waals surface area contributed by atoms with E-state index >= 15 is 0 Å². The van der Waals surface area contributed by atoms with Crippen molar-refractivity contribution in [3.05, 3.63) is 28.8 Å². The summed E-state index contributed by atoms with van der Waals surface area (Å²) < 4.78 is 5.52. The highest BCUT2D eigenvalue weighted by atomic mass is 16.5. The molecule has 1 aromatic rings. The van der Waals surface area contributed by atoms with Gasteiger partial charge in [-0.1, -0.05) is 13.0 Å². The molecule has 0 saturated carbocycles. The van der Waals surface area contributed by atoms with Crippen LogP contribution in [0.25, 0.3) is 0 Å². The minimum Gasteiger partial charge on any atom is -0.496 e. The van der Waals surface area contributed by atoms with Crippen LogP contribution in [0.3, 0.4) is 0 Å². The lowest BCUT2D eigenvalue weighted by Gasteiger charge is -2.36. The van der Waals surface area contributed by atoms with Gasteiger partial charge in [0.1, 0.15) is 5.75 Å². The van der Waals surface area contributed by atoms with E-state index in [1.165, 1.54) is 0 Å². The number of ether oxygens (including phenoxy) is 1. The SMILES string of the molecule is CCC1(C(=O)c2ccc(C)c(C)c2OC)CCCNC1. The highest BCUT2D eigenvalue weighted by Gasteiger charge is 2.39. The highest BCUT2D eigenvalue weighted by molar-refractivity contribution is 6.03. The Balaban J connectivity index is 2.44. The Morgan fingerprint density at radius 2 is 2.15 bits per heavy atom. The molecule has 20 heavy (non-hydrogen) atoms. The molecule has 1 heterocycles. The summed E-state index contributed by atoms with van der Waals surface area (Å²) in [4.78, 5) is 13.1. The normalized spacial score (nSPS) is 22.6. The lowest BCUT2D eigenvalue weighted by atomic mass is 9.72. The van der Waals surface area contributed by atoms with Gasteiger partial charge in [-0.2, -0.15) is 0 Å². The molecule has 1 aliphatic rings. The van der Waals surface area contributed by atoms with Crippen LogP contribution in [-0.2, 0) is 0 Å². The van der Waals surface area contributed by atoms with Crippen molar-refractivity contribution >= 4 is 5.78 Å². The van der Waals surface area contributed by atoms with Gasteiger partial charge in [0.25, 0.3) is 0 Å². The Morgan fingerprint density at radius 1 is 1.40 bits per heavy atom. The first kappa shape index (κ1) is 15.0. The number of rotatable bonds is 4. The summed E-state index contributed by atoms with van der Waals surface area (Å²) in [5.74, 6) is 0.973. The van der Waals surface area contributed by atoms with E-state index in [0.717, 1.165) is 54.8 Å². The van der Waals surface area contributed by atoms with Gasteiger partial charge < -0.3 is 10.1 Å². The summed E-state index contributed by atoms with van der Waals surface area (Å²) in [6.07, 6.45) is 2.90. The molecule has 1 aromatic carbocycles. The van der Waals surface area contributed by atoms with Crippen LogP contribution in [-0.4, -0.2) is 26.0 Å². The van der Waals surface area contributed by atoms with Gasteiger partial charge in [-0.15, -0.1) is 0 Å². The number of aryl methyl sites for hydroxylation is 1. The monoisotopic (exact) mass is 275 g/mol. The zero-order valence-electron chi connectivity index (χ0n) is 13.0. The molecule has 1 atom stereocenters. The van der Waals surface area contributed by atoms with Crippen molar-refractivity contribution in [2.24, 2.45) is 5.41 Å². The van der Waals surface area contributed by atoms with E-state index in [4.69, 9.17) is 4.74 Å². The largest absolute Gasteiger partial charge is 0.496 e. The number of piperidine rings is 1. The quantitative estimate of drug-likeness (QED) is 0.857. The summed E-state index contributed by atoms with van der Waals surface area (Å²) in [6.45, 7) is 7.96. The molecule has 1 saturated heterocycles. The third kappa shape index (κ3) is 2.47. The summed E-state index contributed by atoms with van der Waals surface area (Å²) in [7, 11) is 1.65. The molecule has 1 aliphatic heterocycles. The average molecular weight is 275 g/mol. The number of methoxy groups -OCH3 is 1. The van der Waals surface area contributed by atoms with E-state index in [1.807, 2.05) is 26.0 Å². The van der Waals surface area contributed by atoms with Crippen molar-refractivity contribution in [3.8, 4) is 5.75 Å². The molecule has 0 radical (unpaired) electrons. The number of Topliss-reactive ketones (excluding diaryl/α,β-unsaturated/α-hetero) is 1. The van der Waals surface area contributed by atoms with Crippen LogP contribution in [0.15, 0.2) is 12.1 Å². The Labute approximate surface area is 121 Å². The minimum atomic E-state index is -0.271. The fourth-order valence-electron chi connectivity index (χ4n) is 3.14. The van der Waals surface area contributed by atoms with Gasteiger partial charge in [0.05, 0.1) is 12.7 Å². The molecular formula is C17H25NO2. The Kier molecular flexibility index (Phi) is 4.48. The molecule has 0 aromatic heterocycles.